The molecule has 0 aliphatic carbocycles. The third kappa shape index (κ3) is 3.00. The van der Waals surface area contributed by atoms with Crippen LogP contribution in [0.4, 0.5) is 0 Å². The van der Waals surface area contributed by atoms with Crippen molar-refractivity contribution in [2.24, 2.45) is 12.8 Å². The molecule has 0 saturated heterocycles. The van der Waals surface area contributed by atoms with Crippen LogP contribution in [0, 0.1) is 0 Å². The molecule has 1 heterocycles. The van der Waals surface area contributed by atoms with E-state index < -0.39 is 0 Å². The van der Waals surface area contributed by atoms with Gasteiger partial charge in [-0.25, -0.2) is 0 Å². The van der Waals surface area contributed by atoms with Gasteiger partial charge in [-0.05, 0) is 26.2 Å². The van der Waals surface area contributed by atoms with Crippen molar-refractivity contribution in [3.63, 3.8) is 0 Å². The number of aromatic nitrogens is 3. The van der Waals surface area contributed by atoms with E-state index in [9.17, 15) is 0 Å². The predicted molar refractivity (Wildman–Crippen MR) is 47.6 cm³/mol. The Morgan fingerprint density at radius 3 is 2.92 bits per heavy atom. The van der Waals surface area contributed by atoms with Gasteiger partial charge in [-0.2, -0.15) is 0 Å². The monoisotopic (exact) mass is 168 g/mol. The van der Waals surface area contributed by atoms with Crippen LogP contribution in [0.25, 0.3) is 0 Å². The van der Waals surface area contributed by atoms with Gasteiger partial charge in [-0.3, -0.25) is 4.68 Å². The van der Waals surface area contributed by atoms with Crippen LogP contribution in [0.3, 0.4) is 0 Å². The standard InChI is InChI=1S/C8H16N4/c1-7(9)4-3-5-8-6-12(2)11-10-8/h6-7H,3-5,9H2,1-2H3. The van der Waals surface area contributed by atoms with E-state index in [4.69, 9.17) is 5.73 Å². The lowest BCUT2D eigenvalue weighted by Crippen LogP contribution is -2.14. The van der Waals surface area contributed by atoms with Crippen LogP contribution in [-0.4, -0.2) is 21.0 Å². The molecular weight excluding hydrogens is 152 g/mol. The second-order valence-electron chi connectivity index (χ2n) is 3.25. The van der Waals surface area contributed by atoms with Gasteiger partial charge in [0.25, 0.3) is 0 Å². The molecule has 1 atom stereocenters. The average molecular weight is 168 g/mol. The van der Waals surface area contributed by atoms with Crippen LogP contribution in [-0.2, 0) is 13.5 Å². The molecule has 1 rings (SSSR count). The minimum atomic E-state index is 0.293. The Bertz CT molecular complexity index is 229. The quantitative estimate of drug-likeness (QED) is 0.711. The predicted octanol–water partition coefficient (Wildman–Crippen LogP) is 0.485. The van der Waals surface area contributed by atoms with Gasteiger partial charge in [-0.1, -0.05) is 5.21 Å². The highest BCUT2D eigenvalue weighted by Gasteiger charge is 1.99. The maximum Gasteiger partial charge on any atom is 0.0827 e. The van der Waals surface area contributed by atoms with Gasteiger partial charge in [0.15, 0.2) is 0 Å². The normalized spacial score (nSPS) is 13.2. The topological polar surface area (TPSA) is 56.7 Å². The van der Waals surface area contributed by atoms with Crippen LogP contribution in [0.2, 0.25) is 0 Å². The first-order chi connectivity index (χ1) is 5.68. The SMILES string of the molecule is CC(N)CCCc1cn(C)nn1. The Labute approximate surface area is 72.8 Å². The number of hydrogen-bond donors (Lipinski definition) is 1. The molecule has 0 bridgehead atoms. The van der Waals surface area contributed by atoms with Crippen LogP contribution >= 0.6 is 0 Å². The molecule has 0 aliphatic heterocycles. The molecule has 4 nitrogen and oxygen atoms in total. The van der Waals surface area contributed by atoms with E-state index in [0.717, 1.165) is 25.0 Å². The molecule has 1 unspecified atom stereocenters. The summed E-state index contributed by atoms with van der Waals surface area (Å²) in [5.74, 6) is 0. The second-order valence-corrected chi connectivity index (χ2v) is 3.25. The average Bonchev–Trinajstić information content (AvgIpc) is 2.35. The van der Waals surface area contributed by atoms with Gasteiger partial charge in [0, 0.05) is 19.3 Å². The summed E-state index contributed by atoms with van der Waals surface area (Å²) >= 11 is 0. The Balaban J connectivity index is 2.24. The van der Waals surface area contributed by atoms with Gasteiger partial charge in [-0.15, -0.1) is 5.10 Å². The third-order valence-corrected chi connectivity index (χ3v) is 1.74. The summed E-state index contributed by atoms with van der Waals surface area (Å²) in [5.41, 5.74) is 6.67. The number of nitrogens with two attached hydrogens (primary N) is 1. The van der Waals surface area contributed by atoms with Gasteiger partial charge in [0.05, 0.1) is 5.69 Å². The fourth-order valence-corrected chi connectivity index (χ4v) is 1.11. The minimum Gasteiger partial charge on any atom is -0.328 e. The zero-order valence-electron chi connectivity index (χ0n) is 7.70. The summed E-state index contributed by atoms with van der Waals surface area (Å²) in [6.45, 7) is 2.02. The maximum absolute atomic E-state index is 5.62. The highest BCUT2D eigenvalue weighted by atomic mass is 15.4. The van der Waals surface area contributed by atoms with Crippen molar-refractivity contribution in [2.75, 3.05) is 0 Å². The Hall–Kier alpha value is -0.900. The highest BCUT2D eigenvalue weighted by molar-refractivity contribution is 4.91. The van der Waals surface area contributed by atoms with Gasteiger partial charge in [0.1, 0.15) is 0 Å². The van der Waals surface area contributed by atoms with Crippen molar-refractivity contribution >= 4 is 0 Å². The first-order valence-corrected chi connectivity index (χ1v) is 4.29. The van der Waals surface area contributed by atoms with E-state index in [-0.39, 0.29) is 0 Å². The molecule has 0 aromatic carbocycles. The number of rotatable bonds is 4. The summed E-state index contributed by atoms with van der Waals surface area (Å²) < 4.78 is 1.72. The van der Waals surface area contributed by atoms with Crippen LogP contribution < -0.4 is 5.73 Å². The molecular formula is C8H16N4. The molecule has 0 amide bonds. The molecule has 12 heavy (non-hydrogen) atoms. The largest absolute Gasteiger partial charge is 0.328 e. The van der Waals surface area contributed by atoms with E-state index in [1.54, 1.807) is 4.68 Å². The van der Waals surface area contributed by atoms with Crippen molar-refractivity contribution in [3.8, 4) is 0 Å². The molecule has 0 spiro atoms. The Morgan fingerprint density at radius 2 is 2.42 bits per heavy atom. The summed E-state index contributed by atoms with van der Waals surface area (Å²) in [6.07, 6.45) is 5.07. The lowest BCUT2D eigenvalue weighted by Gasteiger charge is -2.01. The summed E-state index contributed by atoms with van der Waals surface area (Å²) in [7, 11) is 1.88. The van der Waals surface area contributed by atoms with Crippen LogP contribution in [0.1, 0.15) is 25.5 Å². The van der Waals surface area contributed by atoms with Crippen molar-refractivity contribution in [1.82, 2.24) is 15.0 Å². The molecule has 68 valence electrons. The Kier molecular flexibility index (Phi) is 3.22. The first-order valence-electron chi connectivity index (χ1n) is 4.29. The first kappa shape index (κ1) is 9.19. The molecule has 0 fully saturated rings. The lowest BCUT2D eigenvalue weighted by molar-refractivity contribution is 0.619. The van der Waals surface area contributed by atoms with E-state index in [1.807, 2.05) is 20.2 Å². The summed E-state index contributed by atoms with van der Waals surface area (Å²) in [4.78, 5) is 0. The molecule has 1 aromatic rings. The minimum absolute atomic E-state index is 0.293. The fourth-order valence-electron chi connectivity index (χ4n) is 1.11. The zero-order chi connectivity index (χ0) is 8.97. The van der Waals surface area contributed by atoms with Crippen molar-refractivity contribution in [2.45, 2.75) is 32.2 Å². The lowest BCUT2D eigenvalue weighted by atomic mass is 10.1. The molecule has 0 radical (unpaired) electrons. The van der Waals surface area contributed by atoms with Crippen molar-refractivity contribution < 1.29 is 0 Å². The fraction of sp³-hybridized carbons (Fsp3) is 0.750. The molecule has 0 aliphatic rings. The van der Waals surface area contributed by atoms with Crippen molar-refractivity contribution in [1.29, 1.82) is 0 Å². The molecule has 0 saturated carbocycles. The number of nitrogens with zero attached hydrogens (tertiary/aromatic N) is 3. The van der Waals surface area contributed by atoms with Gasteiger partial charge in [0.2, 0.25) is 0 Å². The second kappa shape index (κ2) is 4.21. The highest BCUT2D eigenvalue weighted by Crippen LogP contribution is 2.01. The van der Waals surface area contributed by atoms with Crippen LogP contribution in [0.5, 0.6) is 0 Å². The summed E-state index contributed by atoms with van der Waals surface area (Å²) in [5, 5.41) is 7.83. The molecule has 1 aromatic heterocycles. The molecule has 4 heteroatoms. The third-order valence-electron chi connectivity index (χ3n) is 1.74. The van der Waals surface area contributed by atoms with E-state index in [2.05, 4.69) is 10.3 Å². The maximum atomic E-state index is 5.62. The van der Waals surface area contributed by atoms with Crippen LogP contribution in [0.15, 0.2) is 6.20 Å². The number of aryl methyl sites for hydroxylation is 2. The van der Waals surface area contributed by atoms with E-state index in [1.165, 1.54) is 0 Å². The Morgan fingerprint density at radius 1 is 1.67 bits per heavy atom. The van der Waals surface area contributed by atoms with Gasteiger partial charge >= 0.3 is 0 Å². The van der Waals surface area contributed by atoms with E-state index >= 15 is 0 Å². The number of hydrogen-bond acceptors (Lipinski definition) is 3. The summed E-state index contributed by atoms with van der Waals surface area (Å²) in [6, 6.07) is 0.293. The van der Waals surface area contributed by atoms with E-state index in [0.29, 0.717) is 6.04 Å². The van der Waals surface area contributed by atoms with Crippen molar-refractivity contribution in [3.05, 3.63) is 11.9 Å². The van der Waals surface area contributed by atoms with Gasteiger partial charge < -0.3 is 5.73 Å². The molecule has 2 N–H and O–H groups in total. The zero-order valence-corrected chi connectivity index (χ0v) is 7.70. The smallest absolute Gasteiger partial charge is 0.0827 e.